The van der Waals surface area contributed by atoms with Crippen LogP contribution in [0.25, 0.3) is 0 Å². The van der Waals surface area contributed by atoms with Gasteiger partial charge in [-0.25, -0.2) is 0 Å². The van der Waals surface area contributed by atoms with E-state index in [2.05, 4.69) is 5.32 Å². The quantitative estimate of drug-likeness (QED) is 0.678. The maximum Gasteiger partial charge on any atom is 0.249 e. The van der Waals surface area contributed by atoms with Crippen molar-refractivity contribution in [3.8, 4) is 5.75 Å². The third-order valence-electron chi connectivity index (χ3n) is 5.22. The molecule has 1 fully saturated rings. The number of hydrogen-bond donors (Lipinski definition) is 2. The minimum absolute atomic E-state index is 0.0507. The minimum Gasteiger partial charge on any atom is -0.497 e. The molecule has 1 aliphatic rings. The van der Waals surface area contributed by atoms with E-state index in [1.165, 1.54) is 0 Å². The number of anilines is 1. The molecule has 2 atom stereocenters. The van der Waals surface area contributed by atoms with Crippen molar-refractivity contribution in [1.82, 2.24) is 4.90 Å². The van der Waals surface area contributed by atoms with E-state index in [4.69, 9.17) is 9.47 Å². The fourth-order valence-electron chi connectivity index (χ4n) is 3.64. The summed E-state index contributed by atoms with van der Waals surface area (Å²) in [4.78, 5) is 26.3. The molecule has 31 heavy (non-hydrogen) atoms. The lowest BCUT2D eigenvalue weighted by molar-refractivity contribution is -0.155. The van der Waals surface area contributed by atoms with Crippen LogP contribution < -0.4 is 10.1 Å². The molecule has 166 valence electrons. The Morgan fingerprint density at radius 1 is 1.19 bits per heavy atom. The molecule has 0 aromatic heterocycles. The van der Waals surface area contributed by atoms with E-state index in [0.29, 0.717) is 30.3 Å². The van der Waals surface area contributed by atoms with Crippen LogP contribution in [-0.2, 0) is 20.7 Å². The highest BCUT2D eigenvalue weighted by Crippen LogP contribution is 2.26. The molecule has 2 aromatic carbocycles. The summed E-state index contributed by atoms with van der Waals surface area (Å²) >= 11 is 0. The maximum atomic E-state index is 12.3. The van der Waals surface area contributed by atoms with E-state index in [0.717, 1.165) is 11.3 Å². The number of methoxy groups -OCH3 is 1. The van der Waals surface area contributed by atoms with Gasteiger partial charge in [-0.05, 0) is 41.3 Å². The van der Waals surface area contributed by atoms with E-state index in [-0.39, 0.29) is 24.8 Å². The van der Waals surface area contributed by atoms with Gasteiger partial charge < -0.3 is 24.8 Å². The number of ether oxygens (including phenoxy) is 2. The smallest absolute Gasteiger partial charge is 0.249 e. The molecule has 7 nitrogen and oxygen atoms in total. The number of aliphatic hydroxyl groups is 1. The maximum absolute atomic E-state index is 12.3. The topological polar surface area (TPSA) is 88.1 Å². The van der Waals surface area contributed by atoms with Crippen molar-refractivity contribution in [2.45, 2.75) is 32.4 Å². The van der Waals surface area contributed by atoms with Crippen molar-refractivity contribution in [3.63, 3.8) is 0 Å². The molecule has 2 aromatic rings. The molecule has 0 saturated carbocycles. The first kappa shape index (κ1) is 22.8. The lowest BCUT2D eigenvalue weighted by Gasteiger charge is -2.39. The Morgan fingerprint density at radius 3 is 2.48 bits per heavy atom. The molecular formula is C24H30N2O5. The van der Waals surface area contributed by atoms with Gasteiger partial charge in [0.2, 0.25) is 11.8 Å². The molecule has 2 amide bonds. The number of nitrogens with one attached hydrogen (secondary N) is 1. The molecule has 1 saturated heterocycles. The van der Waals surface area contributed by atoms with Gasteiger partial charge in [0.05, 0.1) is 26.2 Å². The van der Waals surface area contributed by atoms with Crippen LogP contribution in [0.15, 0.2) is 48.5 Å². The van der Waals surface area contributed by atoms with Gasteiger partial charge in [-0.15, -0.1) is 0 Å². The number of nitrogens with zero attached hydrogens (tertiary/aromatic N) is 1. The second kappa shape index (κ2) is 10.4. The molecule has 2 unspecified atom stereocenters. The fourth-order valence-corrected chi connectivity index (χ4v) is 3.64. The first-order chi connectivity index (χ1) is 14.9. The first-order valence-corrected chi connectivity index (χ1v) is 10.5. The van der Waals surface area contributed by atoms with Crippen LogP contribution in [-0.4, -0.2) is 54.7 Å². The van der Waals surface area contributed by atoms with Crippen molar-refractivity contribution >= 4 is 17.5 Å². The van der Waals surface area contributed by atoms with Crippen LogP contribution in [0.1, 0.15) is 31.1 Å². The van der Waals surface area contributed by atoms with E-state index in [1.807, 2.05) is 38.1 Å². The summed E-state index contributed by atoms with van der Waals surface area (Å²) in [5.74, 6) is 0.801. The molecule has 1 heterocycles. The highest BCUT2D eigenvalue weighted by molar-refractivity contribution is 5.92. The van der Waals surface area contributed by atoms with Crippen LogP contribution in [0, 0.1) is 5.92 Å². The van der Waals surface area contributed by atoms with E-state index in [9.17, 15) is 14.7 Å². The Morgan fingerprint density at radius 2 is 1.87 bits per heavy atom. The third-order valence-corrected chi connectivity index (χ3v) is 5.22. The van der Waals surface area contributed by atoms with Gasteiger partial charge >= 0.3 is 0 Å². The highest BCUT2D eigenvalue weighted by Gasteiger charge is 2.34. The minimum atomic E-state index is -0.868. The van der Waals surface area contributed by atoms with Gasteiger partial charge in [-0.3, -0.25) is 9.59 Å². The van der Waals surface area contributed by atoms with Crippen LogP contribution in [0.3, 0.4) is 0 Å². The fraction of sp³-hybridized carbons (Fsp3) is 0.417. The number of aliphatic hydroxyl groups excluding tert-OH is 1. The molecule has 7 heteroatoms. The molecular weight excluding hydrogens is 396 g/mol. The van der Waals surface area contributed by atoms with Gasteiger partial charge in [-0.1, -0.05) is 38.1 Å². The zero-order valence-corrected chi connectivity index (χ0v) is 18.2. The monoisotopic (exact) mass is 426 g/mol. The number of morpholine rings is 1. The predicted octanol–water partition coefficient (Wildman–Crippen LogP) is 2.79. The summed E-state index contributed by atoms with van der Waals surface area (Å²) in [6.07, 6.45) is -0.618. The van der Waals surface area contributed by atoms with Gasteiger partial charge in [0.1, 0.15) is 18.5 Å². The number of carbonyl (C=O) groups excluding carboxylic acids is 2. The highest BCUT2D eigenvalue weighted by atomic mass is 16.5. The zero-order chi connectivity index (χ0) is 22.4. The van der Waals surface area contributed by atoms with Crippen molar-refractivity contribution in [2.75, 3.05) is 32.2 Å². The largest absolute Gasteiger partial charge is 0.497 e. The summed E-state index contributed by atoms with van der Waals surface area (Å²) < 4.78 is 10.5. The van der Waals surface area contributed by atoms with Crippen LogP contribution in [0.4, 0.5) is 5.69 Å². The second-order valence-electron chi connectivity index (χ2n) is 8.16. The number of rotatable bonds is 8. The lowest BCUT2D eigenvalue weighted by atomic mass is 9.99. The van der Waals surface area contributed by atoms with Gasteiger partial charge in [-0.2, -0.15) is 0 Å². The lowest BCUT2D eigenvalue weighted by Crippen LogP contribution is -2.53. The Balaban J connectivity index is 1.61. The first-order valence-electron chi connectivity index (χ1n) is 10.5. The molecule has 0 aliphatic carbocycles. The van der Waals surface area contributed by atoms with Crippen molar-refractivity contribution in [2.24, 2.45) is 5.92 Å². The Bertz CT molecular complexity index is 880. The van der Waals surface area contributed by atoms with Gasteiger partial charge in [0, 0.05) is 12.2 Å². The van der Waals surface area contributed by atoms with Crippen LogP contribution in [0.2, 0.25) is 0 Å². The number of carbonyl (C=O) groups is 2. The number of amides is 2. The van der Waals surface area contributed by atoms with Crippen molar-refractivity contribution in [1.29, 1.82) is 0 Å². The van der Waals surface area contributed by atoms with Gasteiger partial charge in [0.15, 0.2) is 0 Å². The summed E-state index contributed by atoms with van der Waals surface area (Å²) in [6.45, 7) is 4.99. The Kier molecular flexibility index (Phi) is 7.65. The van der Waals surface area contributed by atoms with E-state index < -0.39 is 12.1 Å². The predicted molar refractivity (Wildman–Crippen MR) is 118 cm³/mol. The van der Waals surface area contributed by atoms with Crippen molar-refractivity contribution < 1.29 is 24.2 Å². The standard InChI is InChI=1S/C24H30N2O5/c1-16(2)13-26-21(14-31-15-23(26)28)24(29)18-6-8-19(9-7-18)25-22(27)12-17-4-10-20(30-3)11-5-17/h4-11,16,21,24,29H,12-15H2,1-3H3,(H,25,27). The second-order valence-corrected chi connectivity index (χ2v) is 8.16. The Hall–Kier alpha value is -2.90. The molecule has 1 aliphatic heterocycles. The molecule has 2 N–H and O–H groups in total. The van der Waals surface area contributed by atoms with Crippen molar-refractivity contribution in [3.05, 3.63) is 59.7 Å². The summed E-state index contributed by atoms with van der Waals surface area (Å²) in [5.41, 5.74) is 2.20. The number of benzene rings is 2. The third kappa shape index (κ3) is 6.06. The zero-order valence-electron chi connectivity index (χ0n) is 18.2. The Labute approximate surface area is 183 Å². The van der Waals surface area contributed by atoms with Crippen LogP contribution >= 0.6 is 0 Å². The molecule has 0 spiro atoms. The molecule has 0 radical (unpaired) electrons. The molecule has 0 bridgehead atoms. The van der Waals surface area contributed by atoms with E-state index >= 15 is 0 Å². The summed E-state index contributed by atoms with van der Waals surface area (Å²) in [6, 6.07) is 14.0. The normalized spacial score (nSPS) is 17.5. The van der Waals surface area contributed by atoms with Gasteiger partial charge in [0.25, 0.3) is 0 Å². The number of hydrogen-bond acceptors (Lipinski definition) is 5. The SMILES string of the molecule is COc1ccc(CC(=O)Nc2ccc(C(O)C3COCC(=O)N3CC(C)C)cc2)cc1. The summed E-state index contributed by atoms with van der Waals surface area (Å²) in [7, 11) is 1.60. The average Bonchev–Trinajstić information content (AvgIpc) is 2.75. The molecule has 3 rings (SSSR count). The van der Waals surface area contributed by atoms with Crippen LogP contribution in [0.5, 0.6) is 5.75 Å². The van der Waals surface area contributed by atoms with E-state index in [1.54, 1.807) is 36.3 Å². The average molecular weight is 427 g/mol. The summed E-state index contributed by atoms with van der Waals surface area (Å²) in [5, 5.41) is 13.8.